The average Bonchev–Trinajstić information content (AvgIpc) is 2.95. The van der Waals surface area contributed by atoms with Crippen molar-refractivity contribution in [1.29, 1.82) is 0 Å². The summed E-state index contributed by atoms with van der Waals surface area (Å²) in [5.74, 6) is -0.784. The van der Waals surface area contributed by atoms with Crippen LogP contribution in [0.3, 0.4) is 0 Å². The van der Waals surface area contributed by atoms with Crippen LogP contribution in [0, 0.1) is 5.82 Å². The van der Waals surface area contributed by atoms with Crippen molar-refractivity contribution in [2.75, 3.05) is 51.1 Å². The van der Waals surface area contributed by atoms with Crippen LogP contribution >= 0.6 is 11.6 Å². The van der Waals surface area contributed by atoms with Crippen molar-refractivity contribution >= 4 is 33.4 Å². The van der Waals surface area contributed by atoms with Gasteiger partial charge in [0.15, 0.2) is 0 Å². The van der Waals surface area contributed by atoms with E-state index >= 15 is 0 Å². The van der Waals surface area contributed by atoms with Crippen LogP contribution in [-0.2, 0) is 15.0 Å². The van der Waals surface area contributed by atoms with Crippen LogP contribution in [0.4, 0.5) is 10.1 Å². The normalized spacial score (nSPS) is 20.6. The lowest BCUT2D eigenvalue weighted by Gasteiger charge is -2.36. The first-order chi connectivity index (χ1) is 13.4. The maximum atomic E-state index is 13.2. The lowest BCUT2D eigenvalue weighted by atomic mass is 10.2. The molecule has 2 saturated heterocycles. The van der Waals surface area contributed by atoms with Gasteiger partial charge in [-0.25, -0.2) is 4.39 Å². The largest absolute Gasteiger partial charge is 0.325 e. The highest BCUT2D eigenvalue weighted by Crippen LogP contribution is 2.20. The topological polar surface area (TPSA) is 73.0 Å². The van der Waals surface area contributed by atoms with E-state index in [0.29, 0.717) is 45.0 Å². The Morgan fingerprint density at radius 3 is 2.21 bits per heavy atom. The van der Waals surface area contributed by atoms with Crippen molar-refractivity contribution in [2.24, 2.45) is 0 Å². The molecule has 0 bridgehead atoms. The Morgan fingerprint density at radius 1 is 1.00 bits per heavy atom. The van der Waals surface area contributed by atoms with E-state index in [1.165, 1.54) is 22.5 Å². The molecule has 7 nitrogen and oxygen atoms in total. The van der Waals surface area contributed by atoms with Gasteiger partial charge < -0.3 is 5.32 Å². The van der Waals surface area contributed by atoms with E-state index in [2.05, 4.69) is 5.32 Å². The van der Waals surface area contributed by atoms with Gasteiger partial charge in [-0.3, -0.25) is 9.69 Å². The Bertz CT molecular complexity index is 792. The van der Waals surface area contributed by atoms with Crippen LogP contribution in [0.2, 0.25) is 5.02 Å². The number of anilines is 1. The van der Waals surface area contributed by atoms with E-state index in [0.717, 1.165) is 25.7 Å². The van der Waals surface area contributed by atoms with Crippen molar-refractivity contribution in [3.63, 3.8) is 0 Å². The summed E-state index contributed by atoms with van der Waals surface area (Å²) >= 11 is 5.72. The molecule has 1 aromatic rings. The quantitative estimate of drug-likeness (QED) is 0.773. The molecule has 2 aliphatic rings. The zero-order valence-electron chi connectivity index (χ0n) is 15.7. The summed E-state index contributed by atoms with van der Waals surface area (Å²) < 4.78 is 42.0. The maximum absolute atomic E-state index is 13.2. The highest BCUT2D eigenvalue weighted by atomic mass is 35.5. The van der Waals surface area contributed by atoms with Crippen LogP contribution in [-0.4, -0.2) is 73.6 Å². The number of amides is 1. The highest BCUT2D eigenvalue weighted by Gasteiger charge is 2.32. The molecule has 0 aliphatic carbocycles. The number of nitrogens with zero attached hydrogens (tertiary/aromatic N) is 3. The van der Waals surface area contributed by atoms with Crippen molar-refractivity contribution in [1.82, 2.24) is 13.5 Å². The predicted molar refractivity (Wildman–Crippen MR) is 107 cm³/mol. The maximum Gasteiger partial charge on any atom is 0.282 e. The first kappa shape index (κ1) is 21.4. The van der Waals surface area contributed by atoms with Crippen LogP contribution in [0.5, 0.6) is 0 Å². The fourth-order valence-corrected chi connectivity index (χ4v) is 5.38. The number of piperazine rings is 1. The molecule has 3 rings (SSSR count). The minimum Gasteiger partial charge on any atom is -0.325 e. The van der Waals surface area contributed by atoms with E-state index in [9.17, 15) is 17.6 Å². The van der Waals surface area contributed by atoms with Gasteiger partial charge in [0.1, 0.15) is 5.82 Å². The van der Waals surface area contributed by atoms with E-state index in [4.69, 9.17) is 11.6 Å². The molecule has 156 valence electrons. The van der Waals surface area contributed by atoms with Crippen LogP contribution in [0.15, 0.2) is 18.2 Å². The molecule has 0 atom stereocenters. The SMILES string of the molecule is O=C(CN1CCN(S(=O)(=O)N2CCCCCC2)CC1)Nc1ccc(F)c(Cl)c1. The fraction of sp³-hybridized carbons (Fsp3) is 0.611. The van der Waals surface area contributed by atoms with Gasteiger partial charge in [0.25, 0.3) is 10.2 Å². The zero-order chi connectivity index (χ0) is 20.1. The van der Waals surface area contributed by atoms with E-state index in [1.807, 2.05) is 4.90 Å². The summed E-state index contributed by atoms with van der Waals surface area (Å²) in [6.07, 6.45) is 3.97. The lowest BCUT2D eigenvalue weighted by molar-refractivity contribution is -0.117. The van der Waals surface area contributed by atoms with E-state index < -0.39 is 16.0 Å². The van der Waals surface area contributed by atoms with E-state index in [-0.39, 0.29) is 17.5 Å². The molecule has 1 aromatic carbocycles. The monoisotopic (exact) mass is 432 g/mol. The number of rotatable bonds is 5. The second-order valence-corrected chi connectivity index (χ2v) is 9.51. The smallest absolute Gasteiger partial charge is 0.282 e. The Hall–Kier alpha value is -1.26. The Morgan fingerprint density at radius 2 is 1.61 bits per heavy atom. The molecular weight excluding hydrogens is 407 g/mol. The zero-order valence-corrected chi connectivity index (χ0v) is 17.3. The van der Waals surface area contributed by atoms with Gasteiger partial charge in [0.05, 0.1) is 11.6 Å². The summed E-state index contributed by atoms with van der Waals surface area (Å²) in [7, 11) is -3.43. The van der Waals surface area contributed by atoms with Crippen molar-refractivity contribution in [3.8, 4) is 0 Å². The first-order valence-corrected chi connectivity index (χ1v) is 11.4. The van der Waals surface area contributed by atoms with Gasteiger partial charge in [-0.2, -0.15) is 17.0 Å². The summed E-state index contributed by atoms with van der Waals surface area (Å²) in [4.78, 5) is 14.1. The Labute approximate surface area is 170 Å². The van der Waals surface area contributed by atoms with Gasteiger partial charge >= 0.3 is 0 Å². The molecular formula is C18H26ClFN4O3S. The molecule has 28 heavy (non-hydrogen) atoms. The standard InChI is InChI=1S/C18H26ClFN4O3S/c19-16-13-15(5-6-17(16)20)21-18(25)14-22-9-11-24(12-10-22)28(26,27)23-7-3-1-2-4-8-23/h5-6,13H,1-4,7-12,14H2,(H,21,25). The summed E-state index contributed by atoms with van der Waals surface area (Å²) in [6, 6.07) is 4.01. The minimum absolute atomic E-state index is 0.0508. The van der Waals surface area contributed by atoms with Crippen LogP contribution < -0.4 is 5.32 Å². The third kappa shape index (κ3) is 5.42. The minimum atomic E-state index is -3.43. The van der Waals surface area contributed by atoms with Crippen LogP contribution in [0.25, 0.3) is 0 Å². The molecule has 0 spiro atoms. The van der Waals surface area contributed by atoms with Gasteiger partial charge in [-0.1, -0.05) is 24.4 Å². The summed E-state index contributed by atoms with van der Waals surface area (Å²) in [6.45, 7) is 3.04. The summed E-state index contributed by atoms with van der Waals surface area (Å²) in [5.41, 5.74) is 0.429. The lowest BCUT2D eigenvalue weighted by Crippen LogP contribution is -2.54. The third-order valence-corrected chi connectivity index (χ3v) is 7.44. The molecule has 0 unspecified atom stereocenters. The molecule has 0 saturated carbocycles. The van der Waals surface area contributed by atoms with Gasteiger partial charge in [0.2, 0.25) is 5.91 Å². The second kappa shape index (κ2) is 9.49. The molecule has 0 radical (unpaired) electrons. The van der Waals surface area contributed by atoms with E-state index in [1.54, 1.807) is 4.31 Å². The number of nitrogens with one attached hydrogen (secondary N) is 1. The Kier molecular flexibility index (Phi) is 7.27. The predicted octanol–water partition coefficient (Wildman–Crippen LogP) is 2.16. The molecule has 1 N–H and O–H groups in total. The number of carbonyl (C=O) groups is 1. The molecule has 1 amide bonds. The Balaban J connectivity index is 1.49. The molecule has 2 aliphatic heterocycles. The number of hydrogen-bond donors (Lipinski definition) is 1. The van der Waals surface area contributed by atoms with Crippen molar-refractivity contribution in [2.45, 2.75) is 25.7 Å². The molecule has 2 fully saturated rings. The van der Waals surface area contributed by atoms with Crippen LogP contribution in [0.1, 0.15) is 25.7 Å². The summed E-state index contributed by atoms with van der Waals surface area (Å²) in [5, 5.41) is 2.63. The first-order valence-electron chi connectivity index (χ1n) is 9.59. The van der Waals surface area contributed by atoms with Crippen molar-refractivity contribution < 1.29 is 17.6 Å². The second-order valence-electron chi connectivity index (χ2n) is 7.17. The highest BCUT2D eigenvalue weighted by molar-refractivity contribution is 7.86. The number of carbonyl (C=O) groups excluding carboxylic acids is 1. The molecule has 0 aromatic heterocycles. The number of hydrogen-bond acceptors (Lipinski definition) is 4. The van der Waals surface area contributed by atoms with Gasteiger partial charge in [-0.05, 0) is 31.0 Å². The van der Waals surface area contributed by atoms with Gasteiger partial charge in [0, 0.05) is 45.0 Å². The molecule has 2 heterocycles. The third-order valence-electron chi connectivity index (χ3n) is 5.12. The van der Waals surface area contributed by atoms with Crippen molar-refractivity contribution in [3.05, 3.63) is 29.0 Å². The van der Waals surface area contributed by atoms with Gasteiger partial charge in [-0.15, -0.1) is 0 Å². The fourth-order valence-electron chi connectivity index (χ4n) is 3.53. The average molecular weight is 433 g/mol. The number of halogens is 2. The molecule has 10 heteroatoms. The number of benzene rings is 1.